The van der Waals surface area contributed by atoms with Crippen LogP contribution >= 0.6 is 11.3 Å². The van der Waals surface area contributed by atoms with Gasteiger partial charge in [0, 0.05) is 28.6 Å². The number of rotatable bonds is 3. The van der Waals surface area contributed by atoms with Gasteiger partial charge in [-0.2, -0.15) is 0 Å². The van der Waals surface area contributed by atoms with Gasteiger partial charge in [0.2, 0.25) is 0 Å². The molecule has 0 aliphatic carbocycles. The van der Waals surface area contributed by atoms with Gasteiger partial charge in [-0.3, -0.25) is 14.9 Å². The lowest BCUT2D eigenvalue weighted by Crippen LogP contribution is -2.25. The predicted octanol–water partition coefficient (Wildman–Crippen LogP) is 3.72. The van der Waals surface area contributed by atoms with Crippen LogP contribution in [0.15, 0.2) is 47.8 Å². The van der Waals surface area contributed by atoms with Gasteiger partial charge in [0.1, 0.15) is 10.8 Å². The van der Waals surface area contributed by atoms with Gasteiger partial charge in [0.05, 0.1) is 16.3 Å². The highest BCUT2D eigenvalue weighted by Crippen LogP contribution is 2.35. The summed E-state index contributed by atoms with van der Waals surface area (Å²) in [6.45, 7) is 0.0139. The monoisotopic (exact) mass is 353 g/mol. The molecule has 0 radical (unpaired) electrons. The van der Waals surface area contributed by atoms with Crippen molar-refractivity contribution in [3.05, 3.63) is 58.0 Å². The Kier molecular flexibility index (Phi) is 3.66. The van der Waals surface area contributed by atoms with Crippen LogP contribution in [-0.4, -0.2) is 22.4 Å². The molecular weight excluding hydrogens is 342 g/mol. The normalized spacial score (nSPS) is 12.9. The Hall–Kier alpha value is -3.26. The Bertz CT molecular complexity index is 999. The molecule has 3 aromatic rings. The lowest BCUT2D eigenvalue weighted by molar-refractivity contribution is -0.384. The average molecular weight is 353 g/mol. The number of nitro benzene ring substituents is 1. The van der Waals surface area contributed by atoms with Gasteiger partial charge in [-0.05, 0) is 18.2 Å². The molecule has 0 bridgehead atoms. The minimum atomic E-state index is -0.426. The molecule has 8 heteroatoms. The Morgan fingerprint density at radius 2 is 2.08 bits per heavy atom. The topological polar surface area (TPSA) is 94.4 Å². The average Bonchev–Trinajstić information content (AvgIpc) is 3.11. The molecule has 0 atom stereocenters. The minimum absolute atomic E-state index is 0.0139. The molecule has 2 aromatic carbocycles. The third kappa shape index (κ3) is 2.94. The van der Waals surface area contributed by atoms with E-state index in [-0.39, 0.29) is 18.2 Å². The largest absolute Gasteiger partial charge is 0.482 e. The SMILES string of the molecule is O=C1COc2ccc(-c3csc(-c4cccc([N+](=O)[O-])c4)n3)cc2N1. The molecule has 4 rings (SSSR count). The molecule has 0 saturated carbocycles. The number of hydrogen-bond acceptors (Lipinski definition) is 6. The van der Waals surface area contributed by atoms with E-state index in [9.17, 15) is 14.9 Å². The Morgan fingerprint density at radius 3 is 2.92 bits per heavy atom. The van der Waals surface area contributed by atoms with E-state index in [4.69, 9.17) is 4.74 Å². The predicted molar refractivity (Wildman–Crippen MR) is 93.8 cm³/mol. The highest BCUT2D eigenvalue weighted by Gasteiger charge is 2.17. The minimum Gasteiger partial charge on any atom is -0.482 e. The molecule has 25 heavy (non-hydrogen) atoms. The number of fused-ring (bicyclic) bond motifs is 1. The second-order valence-electron chi connectivity index (χ2n) is 5.39. The van der Waals surface area contributed by atoms with E-state index in [1.165, 1.54) is 23.5 Å². The van der Waals surface area contributed by atoms with Crippen LogP contribution in [0.2, 0.25) is 0 Å². The number of non-ortho nitro benzene ring substituents is 1. The van der Waals surface area contributed by atoms with Crippen molar-refractivity contribution in [2.75, 3.05) is 11.9 Å². The molecule has 0 unspecified atom stereocenters. The number of nitrogens with zero attached hydrogens (tertiary/aromatic N) is 2. The van der Waals surface area contributed by atoms with E-state index < -0.39 is 4.92 Å². The summed E-state index contributed by atoms with van der Waals surface area (Å²) in [4.78, 5) is 26.5. The molecule has 1 aliphatic rings. The van der Waals surface area contributed by atoms with Gasteiger partial charge < -0.3 is 10.1 Å². The maximum Gasteiger partial charge on any atom is 0.270 e. The highest BCUT2D eigenvalue weighted by molar-refractivity contribution is 7.13. The van der Waals surface area contributed by atoms with E-state index >= 15 is 0 Å². The summed E-state index contributed by atoms with van der Waals surface area (Å²) in [7, 11) is 0. The lowest BCUT2D eigenvalue weighted by atomic mass is 10.1. The van der Waals surface area contributed by atoms with Gasteiger partial charge >= 0.3 is 0 Å². The number of nitrogens with one attached hydrogen (secondary N) is 1. The molecule has 0 spiro atoms. The molecular formula is C17H11N3O4S. The number of amides is 1. The third-order valence-corrected chi connectivity index (χ3v) is 4.61. The molecule has 0 fully saturated rings. The molecule has 1 N–H and O–H groups in total. The van der Waals surface area contributed by atoms with Crippen LogP contribution in [0, 0.1) is 10.1 Å². The standard InChI is InChI=1S/C17H11N3O4S/c21-16-8-24-15-5-4-10(7-13(15)18-16)14-9-25-17(19-14)11-2-1-3-12(6-11)20(22)23/h1-7,9H,8H2,(H,18,21). The fraction of sp³-hybridized carbons (Fsp3) is 0.0588. The number of ether oxygens (including phenoxy) is 1. The summed E-state index contributed by atoms with van der Waals surface area (Å²) in [5, 5.41) is 16.2. The van der Waals surface area contributed by atoms with E-state index in [1.54, 1.807) is 24.3 Å². The van der Waals surface area contributed by atoms with Crippen LogP contribution in [0.1, 0.15) is 0 Å². The molecule has 1 aliphatic heterocycles. The van der Waals surface area contributed by atoms with E-state index in [2.05, 4.69) is 10.3 Å². The van der Waals surface area contributed by atoms with E-state index in [0.29, 0.717) is 22.0 Å². The quantitative estimate of drug-likeness (QED) is 0.572. The first-order chi connectivity index (χ1) is 12.1. The zero-order valence-corrected chi connectivity index (χ0v) is 13.6. The van der Waals surface area contributed by atoms with Crippen molar-refractivity contribution in [3.63, 3.8) is 0 Å². The maximum atomic E-state index is 11.4. The zero-order valence-electron chi connectivity index (χ0n) is 12.8. The lowest BCUT2D eigenvalue weighted by Gasteiger charge is -2.18. The van der Waals surface area contributed by atoms with E-state index in [0.717, 1.165) is 11.3 Å². The van der Waals surface area contributed by atoms with E-state index in [1.807, 2.05) is 11.4 Å². The Morgan fingerprint density at radius 1 is 1.20 bits per heavy atom. The number of nitro groups is 1. The van der Waals surface area contributed by atoms with Gasteiger partial charge in [-0.15, -0.1) is 11.3 Å². The maximum absolute atomic E-state index is 11.4. The summed E-state index contributed by atoms with van der Waals surface area (Å²) < 4.78 is 5.34. The first-order valence-corrected chi connectivity index (χ1v) is 8.25. The van der Waals surface area contributed by atoms with Crippen molar-refractivity contribution < 1.29 is 14.5 Å². The summed E-state index contributed by atoms with van der Waals surface area (Å²) in [6, 6.07) is 11.8. The molecule has 7 nitrogen and oxygen atoms in total. The van der Waals surface area contributed by atoms with Crippen LogP contribution < -0.4 is 10.1 Å². The number of aromatic nitrogens is 1. The summed E-state index contributed by atoms with van der Waals surface area (Å²) >= 11 is 1.40. The fourth-order valence-corrected chi connectivity index (χ4v) is 3.36. The first-order valence-electron chi connectivity index (χ1n) is 7.37. The van der Waals surface area contributed by atoms with Crippen molar-refractivity contribution in [3.8, 4) is 27.6 Å². The van der Waals surface area contributed by atoms with Gasteiger partial charge in [0.15, 0.2) is 6.61 Å². The van der Waals surface area contributed by atoms with Gasteiger partial charge in [-0.1, -0.05) is 12.1 Å². The third-order valence-electron chi connectivity index (χ3n) is 3.72. The number of carbonyl (C=O) groups excluding carboxylic acids is 1. The summed E-state index contributed by atoms with van der Waals surface area (Å²) in [6.07, 6.45) is 0. The van der Waals surface area contributed by atoms with Crippen LogP contribution in [0.4, 0.5) is 11.4 Å². The number of thiazole rings is 1. The molecule has 1 aromatic heterocycles. The van der Waals surface area contributed by atoms with Crippen LogP contribution in [0.25, 0.3) is 21.8 Å². The van der Waals surface area contributed by atoms with Crippen molar-refractivity contribution >= 4 is 28.6 Å². The Labute approximate surface area is 146 Å². The van der Waals surface area contributed by atoms with Crippen LogP contribution in [-0.2, 0) is 4.79 Å². The fourth-order valence-electron chi connectivity index (χ4n) is 2.53. The summed E-state index contributed by atoms with van der Waals surface area (Å²) in [5.41, 5.74) is 2.90. The highest BCUT2D eigenvalue weighted by atomic mass is 32.1. The smallest absolute Gasteiger partial charge is 0.270 e. The molecule has 124 valence electrons. The van der Waals surface area contributed by atoms with Gasteiger partial charge in [-0.25, -0.2) is 4.98 Å². The van der Waals surface area contributed by atoms with Crippen LogP contribution in [0.3, 0.4) is 0 Å². The zero-order chi connectivity index (χ0) is 17.4. The second-order valence-corrected chi connectivity index (χ2v) is 6.25. The molecule has 0 saturated heterocycles. The van der Waals surface area contributed by atoms with Crippen LogP contribution in [0.5, 0.6) is 5.75 Å². The molecule has 2 heterocycles. The first kappa shape index (κ1) is 15.3. The number of carbonyl (C=O) groups is 1. The molecule has 1 amide bonds. The Balaban J connectivity index is 1.68. The van der Waals surface area contributed by atoms with Crippen molar-refractivity contribution in [2.45, 2.75) is 0 Å². The van der Waals surface area contributed by atoms with Crippen molar-refractivity contribution in [1.82, 2.24) is 4.98 Å². The number of anilines is 1. The van der Waals surface area contributed by atoms with Crippen molar-refractivity contribution in [1.29, 1.82) is 0 Å². The number of benzene rings is 2. The number of hydrogen-bond donors (Lipinski definition) is 1. The van der Waals surface area contributed by atoms with Crippen molar-refractivity contribution in [2.24, 2.45) is 0 Å². The van der Waals surface area contributed by atoms with Gasteiger partial charge in [0.25, 0.3) is 11.6 Å². The summed E-state index contributed by atoms with van der Waals surface area (Å²) in [5.74, 6) is 0.428. The second kappa shape index (κ2) is 5.99.